The molecule has 7 heteroatoms. The number of aromatic nitrogens is 2. The third kappa shape index (κ3) is 2.95. The molecule has 0 bridgehead atoms. The molecule has 1 aromatic carbocycles. The molecule has 102 valence electrons. The first kappa shape index (κ1) is 14.0. The highest BCUT2D eigenvalue weighted by Gasteiger charge is 2.13. The third-order valence-electron chi connectivity index (χ3n) is 2.39. The van der Waals surface area contributed by atoms with Gasteiger partial charge in [-0.2, -0.15) is 14.6 Å². The number of rotatable bonds is 4. The monoisotopic (exact) mass is 292 g/mol. The number of benzene rings is 1. The lowest BCUT2D eigenvalue weighted by Gasteiger charge is -2.10. The predicted molar refractivity (Wildman–Crippen MR) is 72.6 cm³/mol. The van der Waals surface area contributed by atoms with Crippen LogP contribution in [0, 0.1) is 17.1 Å². The Balaban J connectivity index is 2.31. The maximum Gasteiger partial charge on any atom is 0.255 e. The van der Waals surface area contributed by atoms with Gasteiger partial charge < -0.3 is 10.1 Å². The molecule has 0 spiro atoms. The van der Waals surface area contributed by atoms with E-state index in [2.05, 4.69) is 15.3 Å². The van der Waals surface area contributed by atoms with Crippen LogP contribution in [0.1, 0.15) is 12.5 Å². The van der Waals surface area contributed by atoms with Crippen molar-refractivity contribution in [3.8, 4) is 11.9 Å². The maximum absolute atomic E-state index is 14.0. The van der Waals surface area contributed by atoms with Gasteiger partial charge in [-0.25, -0.2) is 4.98 Å². The predicted octanol–water partition coefficient (Wildman–Crippen LogP) is 3.28. The smallest absolute Gasteiger partial charge is 0.255 e. The van der Waals surface area contributed by atoms with Crippen molar-refractivity contribution in [1.29, 1.82) is 5.26 Å². The van der Waals surface area contributed by atoms with Crippen LogP contribution in [0.25, 0.3) is 0 Å². The van der Waals surface area contributed by atoms with Crippen LogP contribution in [-0.4, -0.2) is 16.6 Å². The Morgan fingerprint density at radius 1 is 1.45 bits per heavy atom. The Morgan fingerprint density at radius 3 is 2.90 bits per heavy atom. The lowest BCUT2D eigenvalue weighted by atomic mass is 10.2. The van der Waals surface area contributed by atoms with Crippen LogP contribution in [0.2, 0.25) is 5.02 Å². The number of nitriles is 1. The molecule has 0 aliphatic heterocycles. The molecule has 0 radical (unpaired) electrons. The van der Waals surface area contributed by atoms with Gasteiger partial charge in [-0.15, -0.1) is 0 Å². The molecule has 0 unspecified atom stereocenters. The van der Waals surface area contributed by atoms with Gasteiger partial charge in [0.05, 0.1) is 28.9 Å². The summed E-state index contributed by atoms with van der Waals surface area (Å²) in [5, 5.41) is 11.8. The molecule has 0 saturated carbocycles. The minimum Gasteiger partial charge on any atom is -0.476 e. The van der Waals surface area contributed by atoms with Crippen molar-refractivity contribution < 1.29 is 9.13 Å². The summed E-state index contributed by atoms with van der Waals surface area (Å²) in [6, 6.07) is 6.58. The lowest BCUT2D eigenvalue weighted by molar-refractivity contribution is 0.307. The Kier molecular flexibility index (Phi) is 4.33. The molecular weight excluding hydrogens is 283 g/mol. The Hall–Kier alpha value is -2.39. The van der Waals surface area contributed by atoms with E-state index in [4.69, 9.17) is 21.6 Å². The second-order valence-corrected chi connectivity index (χ2v) is 4.11. The van der Waals surface area contributed by atoms with Gasteiger partial charge in [0.25, 0.3) is 5.88 Å². The van der Waals surface area contributed by atoms with Crippen LogP contribution in [-0.2, 0) is 0 Å². The summed E-state index contributed by atoms with van der Waals surface area (Å²) < 4.78 is 19.1. The minimum absolute atomic E-state index is 0.0462. The highest BCUT2D eigenvalue weighted by molar-refractivity contribution is 6.33. The fourth-order valence-electron chi connectivity index (χ4n) is 1.49. The first-order valence-electron chi connectivity index (χ1n) is 5.75. The van der Waals surface area contributed by atoms with Crippen molar-refractivity contribution in [2.45, 2.75) is 6.92 Å². The van der Waals surface area contributed by atoms with Crippen molar-refractivity contribution in [3.63, 3.8) is 0 Å². The molecular formula is C13H10ClFN4O. The van der Waals surface area contributed by atoms with Crippen LogP contribution >= 0.6 is 11.6 Å². The van der Waals surface area contributed by atoms with Crippen LogP contribution < -0.4 is 10.1 Å². The van der Waals surface area contributed by atoms with Gasteiger partial charge in [-0.3, -0.25) is 0 Å². The molecule has 1 aromatic heterocycles. The van der Waals surface area contributed by atoms with Crippen molar-refractivity contribution in [3.05, 3.63) is 40.9 Å². The fraction of sp³-hybridized carbons (Fsp3) is 0.154. The van der Waals surface area contributed by atoms with Crippen molar-refractivity contribution >= 4 is 23.1 Å². The molecule has 2 rings (SSSR count). The molecule has 5 nitrogen and oxygen atoms in total. The second-order valence-electron chi connectivity index (χ2n) is 3.71. The summed E-state index contributed by atoms with van der Waals surface area (Å²) in [4.78, 5) is 7.50. The molecule has 20 heavy (non-hydrogen) atoms. The summed E-state index contributed by atoms with van der Waals surface area (Å²) in [5.41, 5.74) is 0.851. The molecule has 0 fully saturated rings. The summed E-state index contributed by atoms with van der Waals surface area (Å²) >= 11 is 6.00. The van der Waals surface area contributed by atoms with Gasteiger partial charge in [-0.1, -0.05) is 11.6 Å². The topological polar surface area (TPSA) is 70.8 Å². The molecule has 1 N–H and O–H groups in total. The lowest BCUT2D eigenvalue weighted by Crippen LogP contribution is -2.03. The molecule has 0 aliphatic carbocycles. The number of nitrogens with zero attached hydrogens (tertiary/aromatic N) is 3. The van der Waals surface area contributed by atoms with Crippen LogP contribution in [0.5, 0.6) is 5.88 Å². The molecule has 0 amide bonds. The SMILES string of the molecule is CCOc1ncnc(Nc2ccc(C#N)cc2Cl)c1F. The van der Waals surface area contributed by atoms with E-state index in [1.165, 1.54) is 12.4 Å². The minimum atomic E-state index is -0.699. The van der Waals surface area contributed by atoms with Crippen molar-refractivity contribution in [2.75, 3.05) is 11.9 Å². The first-order chi connectivity index (χ1) is 9.65. The van der Waals surface area contributed by atoms with E-state index in [1.54, 1.807) is 19.1 Å². The summed E-state index contributed by atoms with van der Waals surface area (Å²) in [6.45, 7) is 2.02. The van der Waals surface area contributed by atoms with Crippen LogP contribution in [0.15, 0.2) is 24.5 Å². The van der Waals surface area contributed by atoms with Crippen molar-refractivity contribution in [1.82, 2.24) is 9.97 Å². The quantitative estimate of drug-likeness (QED) is 0.936. The Morgan fingerprint density at radius 2 is 2.25 bits per heavy atom. The summed E-state index contributed by atoms with van der Waals surface area (Å²) in [7, 11) is 0. The average Bonchev–Trinajstić information content (AvgIpc) is 2.45. The molecule has 0 aliphatic rings. The molecule has 1 heterocycles. The zero-order valence-electron chi connectivity index (χ0n) is 10.5. The Labute approximate surface area is 120 Å². The van der Waals surface area contributed by atoms with Gasteiger partial charge in [-0.05, 0) is 25.1 Å². The summed E-state index contributed by atoms with van der Waals surface area (Å²) in [5.74, 6) is -0.875. The largest absolute Gasteiger partial charge is 0.476 e. The fourth-order valence-corrected chi connectivity index (χ4v) is 1.72. The Bertz CT molecular complexity index is 672. The van der Waals surface area contributed by atoms with Gasteiger partial charge >= 0.3 is 0 Å². The summed E-state index contributed by atoms with van der Waals surface area (Å²) in [6.07, 6.45) is 1.19. The highest BCUT2D eigenvalue weighted by atomic mass is 35.5. The van der Waals surface area contributed by atoms with Crippen LogP contribution in [0.3, 0.4) is 0 Å². The third-order valence-corrected chi connectivity index (χ3v) is 2.70. The van der Waals surface area contributed by atoms with E-state index in [0.717, 1.165) is 0 Å². The van der Waals surface area contributed by atoms with E-state index in [0.29, 0.717) is 22.9 Å². The van der Waals surface area contributed by atoms with E-state index in [1.807, 2.05) is 6.07 Å². The van der Waals surface area contributed by atoms with Gasteiger partial charge in [0.2, 0.25) is 5.82 Å². The number of hydrogen-bond donors (Lipinski definition) is 1. The van der Waals surface area contributed by atoms with Crippen LogP contribution in [0.4, 0.5) is 15.9 Å². The van der Waals surface area contributed by atoms with E-state index >= 15 is 0 Å². The number of hydrogen-bond acceptors (Lipinski definition) is 5. The number of nitrogens with one attached hydrogen (secondary N) is 1. The van der Waals surface area contributed by atoms with Crippen molar-refractivity contribution in [2.24, 2.45) is 0 Å². The van der Waals surface area contributed by atoms with E-state index < -0.39 is 5.82 Å². The van der Waals surface area contributed by atoms with Gasteiger partial charge in [0.15, 0.2) is 5.82 Å². The second kappa shape index (κ2) is 6.17. The molecule has 0 saturated heterocycles. The van der Waals surface area contributed by atoms with E-state index in [-0.39, 0.29) is 11.7 Å². The molecule has 0 atom stereocenters. The van der Waals surface area contributed by atoms with Gasteiger partial charge in [0, 0.05) is 0 Å². The normalized spacial score (nSPS) is 9.90. The first-order valence-corrected chi connectivity index (χ1v) is 6.13. The average molecular weight is 293 g/mol. The zero-order chi connectivity index (χ0) is 14.5. The standard InChI is InChI=1S/C13H10ClFN4O/c1-2-20-13-11(15)12(17-7-18-13)19-10-4-3-8(6-16)5-9(10)14/h3-5,7H,2H2,1H3,(H,17,18,19). The molecule has 2 aromatic rings. The van der Waals surface area contributed by atoms with E-state index in [9.17, 15) is 4.39 Å². The number of anilines is 2. The zero-order valence-corrected chi connectivity index (χ0v) is 11.3. The number of halogens is 2. The number of ether oxygens (including phenoxy) is 1. The highest BCUT2D eigenvalue weighted by Crippen LogP contribution is 2.28. The maximum atomic E-state index is 14.0. The van der Waals surface area contributed by atoms with Gasteiger partial charge in [0.1, 0.15) is 6.33 Å².